The number of amides is 1. The lowest BCUT2D eigenvalue weighted by Gasteiger charge is -2.49. The van der Waals surface area contributed by atoms with Crippen molar-refractivity contribution in [2.75, 3.05) is 26.3 Å². The SMILES string of the molecule is O=C(c1ncccn1)N1CC2(C1)OCC[C@H]2CCOc1ccccn1. The van der Waals surface area contributed by atoms with E-state index < -0.39 is 0 Å². The van der Waals surface area contributed by atoms with Gasteiger partial charge in [-0.2, -0.15) is 0 Å². The van der Waals surface area contributed by atoms with E-state index in [1.165, 1.54) is 0 Å². The maximum Gasteiger partial charge on any atom is 0.291 e. The highest BCUT2D eigenvalue weighted by molar-refractivity contribution is 5.91. The van der Waals surface area contributed by atoms with E-state index in [0.717, 1.165) is 19.4 Å². The van der Waals surface area contributed by atoms with Crippen molar-refractivity contribution in [2.45, 2.75) is 18.4 Å². The summed E-state index contributed by atoms with van der Waals surface area (Å²) in [6.45, 7) is 2.53. The van der Waals surface area contributed by atoms with E-state index in [1.807, 2.05) is 18.2 Å². The summed E-state index contributed by atoms with van der Waals surface area (Å²) in [5.41, 5.74) is -0.238. The van der Waals surface area contributed by atoms with Crippen molar-refractivity contribution in [2.24, 2.45) is 5.92 Å². The molecule has 2 saturated heterocycles. The fraction of sp³-hybridized carbons (Fsp3) is 0.444. The summed E-state index contributed by atoms with van der Waals surface area (Å²) < 4.78 is 11.7. The monoisotopic (exact) mass is 340 g/mol. The molecule has 0 aromatic carbocycles. The first-order valence-electron chi connectivity index (χ1n) is 8.51. The second-order valence-corrected chi connectivity index (χ2v) is 6.44. The molecule has 7 heteroatoms. The molecule has 25 heavy (non-hydrogen) atoms. The Kier molecular flexibility index (Phi) is 4.31. The molecule has 2 aliphatic rings. The Morgan fingerprint density at radius 2 is 2.00 bits per heavy atom. The second-order valence-electron chi connectivity index (χ2n) is 6.44. The molecule has 0 bridgehead atoms. The minimum absolute atomic E-state index is 0.134. The van der Waals surface area contributed by atoms with E-state index in [9.17, 15) is 4.79 Å². The van der Waals surface area contributed by atoms with Crippen molar-refractivity contribution in [3.63, 3.8) is 0 Å². The summed E-state index contributed by atoms with van der Waals surface area (Å²) in [5, 5.41) is 0. The Labute approximate surface area is 146 Å². The summed E-state index contributed by atoms with van der Waals surface area (Å²) >= 11 is 0. The molecule has 4 rings (SSSR count). The van der Waals surface area contributed by atoms with E-state index in [0.29, 0.717) is 31.5 Å². The van der Waals surface area contributed by atoms with Crippen molar-refractivity contribution < 1.29 is 14.3 Å². The van der Waals surface area contributed by atoms with Gasteiger partial charge in [-0.05, 0) is 30.9 Å². The van der Waals surface area contributed by atoms with Gasteiger partial charge < -0.3 is 14.4 Å². The molecule has 130 valence electrons. The zero-order valence-corrected chi connectivity index (χ0v) is 13.9. The highest BCUT2D eigenvalue weighted by Gasteiger charge is 2.54. The zero-order valence-electron chi connectivity index (χ0n) is 13.9. The van der Waals surface area contributed by atoms with Gasteiger partial charge in [0.2, 0.25) is 11.7 Å². The highest BCUT2D eigenvalue weighted by Crippen LogP contribution is 2.42. The van der Waals surface area contributed by atoms with E-state index in [4.69, 9.17) is 9.47 Å². The highest BCUT2D eigenvalue weighted by atomic mass is 16.5. The minimum atomic E-state index is -0.238. The normalized spacial score (nSPS) is 21.1. The Balaban J connectivity index is 1.31. The topological polar surface area (TPSA) is 77.4 Å². The first-order valence-corrected chi connectivity index (χ1v) is 8.51. The molecule has 4 heterocycles. The third kappa shape index (κ3) is 3.19. The standard InChI is InChI=1S/C18H20N4O3/c23-17(16-20-8-3-9-21-16)22-12-18(13-22)14(6-11-25-18)5-10-24-15-4-1-2-7-19-15/h1-4,7-9,14H,5-6,10-13H2/t14-/m1/s1. The average Bonchev–Trinajstić information content (AvgIpc) is 3.05. The lowest BCUT2D eigenvalue weighted by Crippen LogP contribution is -2.66. The maximum atomic E-state index is 12.4. The molecule has 0 N–H and O–H groups in total. The maximum absolute atomic E-state index is 12.4. The lowest BCUT2D eigenvalue weighted by atomic mass is 9.79. The van der Waals surface area contributed by atoms with Crippen LogP contribution in [-0.2, 0) is 4.74 Å². The number of hydrogen-bond acceptors (Lipinski definition) is 6. The molecule has 1 amide bonds. The van der Waals surface area contributed by atoms with E-state index >= 15 is 0 Å². The van der Waals surface area contributed by atoms with Gasteiger partial charge >= 0.3 is 0 Å². The molecule has 0 unspecified atom stereocenters. The molecule has 2 fully saturated rings. The number of likely N-dealkylation sites (tertiary alicyclic amines) is 1. The van der Waals surface area contributed by atoms with Crippen LogP contribution in [0.2, 0.25) is 0 Å². The fourth-order valence-corrected chi connectivity index (χ4v) is 3.57. The number of rotatable bonds is 5. The first kappa shape index (κ1) is 16.0. The number of hydrogen-bond donors (Lipinski definition) is 0. The predicted octanol–water partition coefficient (Wildman–Crippen LogP) is 1.57. The lowest BCUT2D eigenvalue weighted by molar-refractivity contribution is -0.119. The molecular formula is C18H20N4O3. The Morgan fingerprint density at radius 1 is 1.20 bits per heavy atom. The molecular weight excluding hydrogens is 320 g/mol. The van der Waals surface area contributed by atoms with Crippen LogP contribution in [0.1, 0.15) is 23.5 Å². The van der Waals surface area contributed by atoms with Gasteiger partial charge in [0.25, 0.3) is 5.91 Å². The zero-order chi connectivity index (χ0) is 17.1. The summed E-state index contributed by atoms with van der Waals surface area (Å²) in [5.74, 6) is 1.13. The molecule has 0 radical (unpaired) electrons. The van der Waals surface area contributed by atoms with Crippen LogP contribution in [0.15, 0.2) is 42.9 Å². The Hall–Kier alpha value is -2.54. The van der Waals surface area contributed by atoms with E-state index in [2.05, 4.69) is 15.0 Å². The molecule has 7 nitrogen and oxygen atoms in total. The molecule has 1 atom stereocenters. The first-order chi connectivity index (χ1) is 12.3. The van der Waals surface area contributed by atoms with Crippen LogP contribution >= 0.6 is 0 Å². The van der Waals surface area contributed by atoms with Crippen molar-refractivity contribution in [1.29, 1.82) is 0 Å². The number of nitrogens with zero attached hydrogens (tertiary/aromatic N) is 4. The third-order valence-corrected chi connectivity index (χ3v) is 4.92. The van der Waals surface area contributed by atoms with Crippen molar-refractivity contribution in [1.82, 2.24) is 19.9 Å². The summed E-state index contributed by atoms with van der Waals surface area (Å²) in [4.78, 5) is 26.4. The van der Waals surface area contributed by atoms with Gasteiger partial charge in [0.15, 0.2) is 0 Å². The summed E-state index contributed by atoms with van der Waals surface area (Å²) in [7, 11) is 0. The summed E-state index contributed by atoms with van der Waals surface area (Å²) in [6.07, 6.45) is 6.77. The van der Waals surface area contributed by atoms with E-state index in [-0.39, 0.29) is 17.3 Å². The van der Waals surface area contributed by atoms with Crippen molar-refractivity contribution in [3.8, 4) is 5.88 Å². The van der Waals surface area contributed by atoms with Gasteiger partial charge in [0, 0.05) is 31.3 Å². The quantitative estimate of drug-likeness (QED) is 0.822. The third-order valence-electron chi connectivity index (χ3n) is 4.92. The van der Waals surface area contributed by atoms with Crippen LogP contribution in [0.5, 0.6) is 5.88 Å². The molecule has 0 saturated carbocycles. The number of ether oxygens (including phenoxy) is 2. The van der Waals surface area contributed by atoms with Crippen LogP contribution in [0.3, 0.4) is 0 Å². The predicted molar refractivity (Wildman–Crippen MR) is 89.1 cm³/mol. The fourth-order valence-electron chi connectivity index (χ4n) is 3.57. The van der Waals surface area contributed by atoms with Crippen molar-refractivity contribution >= 4 is 5.91 Å². The Morgan fingerprint density at radius 3 is 2.76 bits per heavy atom. The minimum Gasteiger partial charge on any atom is -0.478 e. The smallest absolute Gasteiger partial charge is 0.291 e. The van der Waals surface area contributed by atoms with Crippen LogP contribution in [0.4, 0.5) is 0 Å². The van der Waals surface area contributed by atoms with Crippen LogP contribution in [0, 0.1) is 5.92 Å². The van der Waals surface area contributed by atoms with Crippen molar-refractivity contribution in [3.05, 3.63) is 48.7 Å². The number of aromatic nitrogens is 3. The molecule has 2 aromatic rings. The van der Waals surface area contributed by atoms with Crippen LogP contribution in [-0.4, -0.2) is 57.7 Å². The number of carbonyl (C=O) groups excluding carboxylic acids is 1. The number of carbonyl (C=O) groups is 1. The largest absolute Gasteiger partial charge is 0.478 e. The van der Waals surface area contributed by atoms with Gasteiger partial charge in [0.1, 0.15) is 5.60 Å². The van der Waals surface area contributed by atoms with Gasteiger partial charge in [-0.3, -0.25) is 4.79 Å². The van der Waals surface area contributed by atoms with Crippen LogP contribution < -0.4 is 4.74 Å². The average molecular weight is 340 g/mol. The Bertz CT molecular complexity index is 720. The molecule has 2 aliphatic heterocycles. The molecule has 0 aliphatic carbocycles. The van der Waals surface area contributed by atoms with Crippen LogP contribution in [0.25, 0.3) is 0 Å². The van der Waals surface area contributed by atoms with Gasteiger partial charge in [-0.25, -0.2) is 15.0 Å². The molecule has 1 spiro atoms. The van der Waals surface area contributed by atoms with Gasteiger partial charge in [-0.1, -0.05) is 6.07 Å². The number of pyridine rings is 1. The van der Waals surface area contributed by atoms with Gasteiger partial charge in [-0.15, -0.1) is 0 Å². The second kappa shape index (κ2) is 6.76. The van der Waals surface area contributed by atoms with E-state index in [1.54, 1.807) is 29.6 Å². The van der Waals surface area contributed by atoms with Gasteiger partial charge in [0.05, 0.1) is 19.7 Å². The molecule has 2 aromatic heterocycles. The summed E-state index contributed by atoms with van der Waals surface area (Å²) in [6, 6.07) is 7.32.